The fraction of sp³-hybridized carbons (Fsp3) is 0.588. The molecule has 1 N–H and O–H groups in total. The zero-order valence-electron chi connectivity index (χ0n) is 27.5. The Morgan fingerprint density at radius 1 is 1.07 bits per heavy atom. The highest BCUT2D eigenvalue weighted by Gasteiger charge is 2.27. The van der Waals surface area contributed by atoms with Gasteiger partial charge in [-0.15, -0.1) is 0 Å². The molecule has 0 bridgehead atoms. The van der Waals surface area contributed by atoms with Crippen molar-refractivity contribution >= 4 is 18.5 Å². The number of carbonyl (C=O) groups is 3. The van der Waals surface area contributed by atoms with Crippen LogP contribution in [-0.4, -0.2) is 90.8 Å². The Hall–Kier alpha value is -3.73. The number of rotatable bonds is 10. The van der Waals surface area contributed by atoms with Gasteiger partial charge >= 0.3 is 6.09 Å². The van der Waals surface area contributed by atoms with Crippen molar-refractivity contribution in [1.82, 2.24) is 20.1 Å². The number of likely N-dealkylation sites (N-methyl/N-ethyl adjacent to an activating group) is 1. The summed E-state index contributed by atoms with van der Waals surface area (Å²) in [5.41, 5.74) is 1.51. The molecule has 0 spiro atoms. The third kappa shape index (κ3) is 11.6. The average Bonchev–Trinajstić information content (AvgIpc) is 3.54. The second kappa shape index (κ2) is 17.1. The van der Waals surface area contributed by atoms with Crippen LogP contribution in [0.5, 0.6) is 5.75 Å². The Kier molecular flexibility index (Phi) is 13.6. The normalized spacial score (nSPS) is 16.1. The highest BCUT2D eigenvalue weighted by atomic mass is 19.1. The largest absolute Gasteiger partial charge is 0.492 e. The highest BCUT2D eigenvalue weighted by molar-refractivity contribution is 5.82. The highest BCUT2D eigenvalue weighted by Crippen LogP contribution is 2.25. The number of likely N-dealkylation sites (tertiary alicyclic amines) is 2. The molecule has 1 aromatic heterocycles. The Bertz CT molecular complexity index is 1240. The second-order valence-corrected chi connectivity index (χ2v) is 12.8. The molecule has 2 aliphatic heterocycles. The van der Waals surface area contributed by atoms with Gasteiger partial charge in [0.1, 0.15) is 17.2 Å². The Morgan fingerprint density at radius 2 is 1.76 bits per heavy atom. The third-order valence-corrected chi connectivity index (χ3v) is 7.67. The van der Waals surface area contributed by atoms with Gasteiger partial charge in [-0.1, -0.05) is 12.1 Å². The van der Waals surface area contributed by atoms with E-state index in [2.05, 4.69) is 15.0 Å². The topological polar surface area (TPSA) is 110 Å². The monoisotopic (exact) mass is 628 g/mol. The van der Waals surface area contributed by atoms with Crippen LogP contribution in [-0.2, 0) is 25.5 Å². The lowest BCUT2D eigenvalue weighted by molar-refractivity contribution is -0.138. The number of ether oxygens (including phenoxy) is 3. The van der Waals surface area contributed by atoms with E-state index < -0.39 is 6.04 Å². The molecule has 1 atom stereocenters. The van der Waals surface area contributed by atoms with Crippen LogP contribution in [0.25, 0.3) is 11.3 Å². The van der Waals surface area contributed by atoms with E-state index >= 15 is 0 Å². The molecular formula is C34H49FN4O6. The molecule has 4 rings (SSSR count). The quantitative estimate of drug-likeness (QED) is 0.356. The van der Waals surface area contributed by atoms with Crippen molar-refractivity contribution in [3.63, 3.8) is 0 Å². The van der Waals surface area contributed by atoms with Crippen LogP contribution in [0.2, 0.25) is 0 Å². The van der Waals surface area contributed by atoms with Gasteiger partial charge in [-0.3, -0.25) is 14.6 Å². The zero-order chi connectivity index (χ0) is 33.0. The number of halogens is 1. The maximum Gasteiger partial charge on any atom is 0.410 e. The molecule has 1 aromatic carbocycles. The summed E-state index contributed by atoms with van der Waals surface area (Å²) in [5.74, 6) is 0.704. The van der Waals surface area contributed by atoms with Crippen LogP contribution in [0.4, 0.5) is 9.18 Å². The van der Waals surface area contributed by atoms with E-state index in [1.165, 1.54) is 6.07 Å². The summed E-state index contributed by atoms with van der Waals surface area (Å²) in [6.07, 6.45) is 5.37. The van der Waals surface area contributed by atoms with E-state index in [9.17, 15) is 18.8 Å². The van der Waals surface area contributed by atoms with Crippen molar-refractivity contribution in [2.45, 2.75) is 84.5 Å². The predicted octanol–water partition coefficient (Wildman–Crippen LogP) is 5.23. The SMILES string of the molecule is CC(C)(C)OC=O.CNC(Cc1ccc(-c2ccc(OCC3CCN(C(=O)OC(C)C)CC3)cn2)cc1F)C(=O)N1CCCC1. The zero-order valence-corrected chi connectivity index (χ0v) is 27.5. The number of piperidine rings is 1. The lowest BCUT2D eigenvalue weighted by Crippen LogP contribution is -2.45. The van der Waals surface area contributed by atoms with E-state index in [0.29, 0.717) is 61.1 Å². The molecule has 11 heteroatoms. The van der Waals surface area contributed by atoms with Gasteiger partial charge in [-0.2, -0.15) is 0 Å². The van der Waals surface area contributed by atoms with Crippen molar-refractivity contribution in [2.24, 2.45) is 5.92 Å². The Labute approximate surface area is 266 Å². The minimum Gasteiger partial charge on any atom is -0.492 e. The standard InChI is InChI=1S/C29H39FN4O4.C5H10O2/c1-20(2)38-29(36)34-14-10-21(11-15-34)19-37-24-8-9-26(32-18-24)23-7-6-22(25(30)16-23)17-27(31-3)28(35)33-12-4-5-13-33;1-5(2,3)7-4-6/h6-9,16,18,20-21,27,31H,4-5,10-15,17,19H2,1-3H3;4H,1-3H3. The molecule has 0 radical (unpaired) electrons. The van der Waals surface area contributed by atoms with E-state index in [4.69, 9.17) is 9.47 Å². The van der Waals surface area contributed by atoms with E-state index in [1.807, 2.05) is 57.7 Å². The summed E-state index contributed by atoms with van der Waals surface area (Å²) >= 11 is 0. The molecule has 2 saturated heterocycles. The first-order valence-electron chi connectivity index (χ1n) is 15.8. The number of carbonyl (C=O) groups excluding carboxylic acids is 3. The summed E-state index contributed by atoms with van der Waals surface area (Å²) in [4.78, 5) is 42.5. The number of aromatic nitrogens is 1. The van der Waals surface area contributed by atoms with Gasteiger partial charge in [0.2, 0.25) is 5.91 Å². The average molecular weight is 629 g/mol. The van der Waals surface area contributed by atoms with Gasteiger partial charge in [-0.05, 0) is 103 Å². The van der Waals surface area contributed by atoms with Crippen LogP contribution >= 0.6 is 0 Å². The van der Waals surface area contributed by atoms with Crippen molar-refractivity contribution in [1.29, 1.82) is 0 Å². The van der Waals surface area contributed by atoms with Crippen molar-refractivity contribution in [2.75, 3.05) is 39.8 Å². The number of nitrogens with one attached hydrogen (secondary N) is 1. The Morgan fingerprint density at radius 3 is 2.27 bits per heavy atom. The minimum absolute atomic E-state index is 0.0323. The first-order valence-corrected chi connectivity index (χ1v) is 15.8. The minimum atomic E-state index is -0.441. The first-order chi connectivity index (χ1) is 21.4. The van der Waals surface area contributed by atoms with Gasteiger partial charge in [-0.25, -0.2) is 9.18 Å². The summed E-state index contributed by atoms with van der Waals surface area (Å²) in [7, 11) is 1.74. The van der Waals surface area contributed by atoms with E-state index in [-0.39, 0.29) is 29.5 Å². The molecule has 45 heavy (non-hydrogen) atoms. The first kappa shape index (κ1) is 35.7. The van der Waals surface area contributed by atoms with Gasteiger partial charge in [0, 0.05) is 31.7 Å². The van der Waals surface area contributed by atoms with Crippen molar-refractivity contribution < 1.29 is 33.0 Å². The second-order valence-electron chi connectivity index (χ2n) is 12.8. The van der Waals surface area contributed by atoms with Crippen LogP contribution in [0, 0.1) is 11.7 Å². The number of amides is 2. The van der Waals surface area contributed by atoms with E-state index in [1.54, 1.807) is 24.2 Å². The van der Waals surface area contributed by atoms with Gasteiger partial charge in [0.15, 0.2) is 0 Å². The maximum atomic E-state index is 15.0. The summed E-state index contributed by atoms with van der Waals surface area (Å²) in [6.45, 7) is 13.1. The number of nitrogens with zero attached hydrogens (tertiary/aromatic N) is 3. The third-order valence-electron chi connectivity index (χ3n) is 7.67. The predicted molar refractivity (Wildman–Crippen MR) is 170 cm³/mol. The molecule has 10 nitrogen and oxygen atoms in total. The molecule has 0 saturated carbocycles. The number of hydrogen-bond donors (Lipinski definition) is 1. The molecule has 2 aliphatic rings. The number of hydrogen-bond acceptors (Lipinski definition) is 8. The lowest BCUT2D eigenvalue weighted by atomic mass is 9.98. The summed E-state index contributed by atoms with van der Waals surface area (Å²) < 4.78 is 30.7. The number of pyridine rings is 1. The molecular weight excluding hydrogens is 579 g/mol. The molecule has 2 fully saturated rings. The number of benzene rings is 1. The molecule has 3 heterocycles. The fourth-order valence-electron chi connectivity index (χ4n) is 5.12. The van der Waals surface area contributed by atoms with Crippen LogP contribution in [0.15, 0.2) is 36.5 Å². The van der Waals surface area contributed by atoms with Gasteiger partial charge in [0.05, 0.1) is 30.6 Å². The van der Waals surface area contributed by atoms with Crippen molar-refractivity contribution in [3.05, 3.63) is 47.9 Å². The molecule has 248 valence electrons. The van der Waals surface area contributed by atoms with E-state index in [0.717, 1.165) is 38.8 Å². The Balaban J connectivity index is 0.000000707. The van der Waals surface area contributed by atoms with Crippen molar-refractivity contribution in [3.8, 4) is 17.0 Å². The summed E-state index contributed by atoms with van der Waals surface area (Å²) in [5, 5.41) is 3.05. The van der Waals surface area contributed by atoms with Gasteiger partial charge in [0.25, 0.3) is 6.47 Å². The smallest absolute Gasteiger partial charge is 0.410 e. The molecule has 2 aromatic rings. The lowest BCUT2D eigenvalue weighted by Gasteiger charge is -2.31. The molecule has 1 unspecified atom stereocenters. The van der Waals surface area contributed by atoms with Crippen LogP contribution in [0.3, 0.4) is 0 Å². The summed E-state index contributed by atoms with van der Waals surface area (Å²) in [6, 6.07) is 8.28. The van der Waals surface area contributed by atoms with Gasteiger partial charge < -0.3 is 29.3 Å². The molecule has 2 amide bonds. The van der Waals surface area contributed by atoms with Crippen LogP contribution < -0.4 is 10.1 Å². The molecule has 0 aliphatic carbocycles. The van der Waals surface area contributed by atoms with Crippen LogP contribution in [0.1, 0.15) is 65.9 Å². The fourth-order valence-corrected chi connectivity index (χ4v) is 5.12. The maximum absolute atomic E-state index is 15.0.